The number of nitrogens with zero attached hydrogens (tertiary/aromatic N) is 2. The highest BCUT2D eigenvalue weighted by atomic mass is 32.1. The number of thiophene rings is 1. The molecule has 0 saturated carbocycles. The van der Waals surface area contributed by atoms with Crippen molar-refractivity contribution in [2.24, 2.45) is 0 Å². The van der Waals surface area contributed by atoms with Crippen molar-refractivity contribution in [2.45, 2.75) is 65.3 Å². The average molecular weight is 503 g/mol. The maximum absolute atomic E-state index is 13.9. The van der Waals surface area contributed by atoms with Crippen LogP contribution in [0.15, 0.2) is 60.0 Å². The van der Waals surface area contributed by atoms with Crippen molar-refractivity contribution in [1.82, 2.24) is 9.80 Å². The van der Waals surface area contributed by atoms with Crippen molar-refractivity contribution in [1.29, 1.82) is 0 Å². The zero-order valence-electron chi connectivity index (χ0n) is 22.2. The van der Waals surface area contributed by atoms with E-state index in [1.807, 2.05) is 41.3 Å². The molecule has 0 aliphatic carbocycles. The zero-order valence-corrected chi connectivity index (χ0v) is 23.0. The van der Waals surface area contributed by atoms with E-state index in [4.69, 9.17) is 0 Å². The highest BCUT2D eigenvalue weighted by molar-refractivity contribution is 7.10. The van der Waals surface area contributed by atoms with Crippen LogP contribution in [-0.2, 0) is 16.6 Å². The Balaban J connectivity index is 1.60. The van der Waals surface area contributed by atoms with Crippen LogP contribution in [0.3, 0.4) is 0 Å². The highest BCUT2D eigenvalue weighted by Crippen LogP contribution is 2.39. The molecule has 0 spiro atoms. The number of aryl methyl sites for hydroxylation is 1. The SMILES string of the molecule is CCCCN(CC(=O)N1CCc2sccc2C1c1ccccc1C)C(=O)c1ccc(C(C)(C)C)cc1. The fraction of sp³-hybridized carbons (Fsp3) is 0.419. The van der Waals surface area contributed by atoms with Crippen LogP contribution in [0.2, 0.25) is 0 Å². The molecule has 1 aliphatic heterocycles. The molecule has 0 saturated heterocycles. The number of carbonyl (C=O) groups excluding carboxylic acids is 2. The molecule has 3 aromatic rings. The lowest BCUT2D eigenvalue weighted by molar-refractivity contribution is -0.134. The Kier molecular flexibility index (Phi) is 7.99. The van der Waals surface area contributed by atoms with Crippen LogP contribution < -0.4 is 0 Å². The summed E-state index contributed by atoms with van der Waals surface area (Å²) < 4.78 is 0. The van der Waals surface area contributed by atoms with Gasteiger partial charge in [0, 0.05) is 23.5 Å². The molecule has 0 N–H and O–H groups in total. The summed E-state index contributed by atoms with van der Waals surface area (Å²) in [6.07, 6.45) is 2.70. The topological polar surface area (TPSA) is 40.6 Å². The lowest BCUT2D eigenvalue weighted by Gasteiger charge is -2.38. The number of rotatable bonds is 7. The molecule has 0 fully saturated rings. The maximum Gasteiger partial charge on any atom is 0.254 e. The molecule has 5 heteroatoms. The summed E-state index contributed by atoms with van der Waals surface area (Å²) in [6, 6.07) is 18.2. The maximum atomic E-state index is 13.9. The lowest BCUT2D eigenvalue weighted by Crippen LogP contribution is -2.47. The average Bonchev–Trinajstić information content (AvgIpc) is 3.34. The third kappa shape index (κ3) is 5.57. The first-order valence-corrected chi connectivity index (χ1v) is 13.9. The number of hydrogen-bond acceptors (Lipinski definition) is 3. The van der Waals surface area contributed by atoms with E-state index in [9.17, 15) is 9.59 Å². The van der Waals surface area contributed by atoms with Crippen LogP contribution in [0, 0.1) is 6.92 Å². The molecule has 4 rings (SSSR count). The van der Waals surface area contributed by atoms with Crippen molar-refractivity contribution >= 4 is 23.2 Å². The number of hydrogen-bond donors (Lipinski definition) is 0. The van der Waals surface area contributed by atoms with Gasteiger partial charge in [0.05, 0.1) is 6.04 Å². The summed E-state index contributed by atoms with van der Waals surface area (Å²) in [6.45, 7) is 12.1. The van der Waals surface area contributed by atoms with Gasteiger partial charge < -0.3 is 9.80 Å². The Bertz CT molecular complexity index is 1210. The van der Waals surface area contributed by atoms with E-state index < -0.39 is 0 Å². The quantitative estimate of drug-likeness (QED) is 0.358. The Morgan fingerprint density at radius 1 is 1.03 bits per heavy atom. The van der Waals surface area contributed by atoms with Crippen LogP contribution in [0.25, 0.3) is 0 Å². The van der Waals surface area contributed by atoms with Crippen molar-refractivity contribution in [3.63, 3.8) is 0 Å². The summed E-state index contributed by atoms with van der Waals surface area (Å²) >= 11 is 1.77. The molecule has 2 heterocycles. The van der Waals surface area contributed by atoms with E-state index in [2.05, 4.69) is 58.2 Å². The van der Waals surface area contributed by atoms with E-state index in [-0.39, 0.29) is 29.8 Å². The van der Waals surface area contributed by atoms with Gasteiger partial charge in [-0.3, -0.25) is 9.59 Å². The van der Waals surface area contributed by atoms with Crippen LogP contribution in [-0.4, -0.2) is 41.2 Å². The molecule has 0 bridgehead atoms. The Labute approximate surface area is 219 Å². The summed E-state index contributed by atoms with van der Waals surface area (Å²) in [7, 11) is 0. The monoisotopic (exact) mass is 502 g/mol. The van der Waals surface area contributed by atoms with Crippen molar-refractivity contribution < 1.29 is 9.59 Å². The molecule has 2 amide bonds. The van der Waals surface area contributed by atoms with Gasteiger partial charge in [-0.1, -0.05) is 70.5 Å². The summed E-state index contributed by atoms with van der Waals surface area (Å²) in [5, 5.41) is 2.13. The number of carbonyl (C=O) groups is 2. The molecule has 1 unspecified atom stereocenters. The summed E-state index contributed by atoms with van der Waals surface area (Å²) in [5.74, 6) is -0.0613. The van der Waals surface area contributed by atoms with Gasteiger partial charge >= 0.3 is 0 Å². The van der Waals surface area contributed by atoms with Crippen LogP contribution in [0.1, 0.15) is 84.1 Å². The third-order valence-corrected chi connectivity index (χ3v) is 8.16. The minimum atomic E-state index is -0.108. The normalized spacial score (nSPS) is 15.5. The summed E-state index contributed by atoms with van der Waals surface area (Å²) in [4.78, 5) is 32.5. The third-order valence-electron chi connectivity index (χ3n) is 7.16. The van der Waals surface area contributed by atoms with Gasteiger partial charge in [-0.05, 0) is 71.0 Å². The fourth-order valence-electron chi connectivity index (χ4n) is 4.96. The zero-order chi connectivity index (χ0) is 25.9. The van der Waals surface area contributed by atoms with E-state index in [1.165, 1.54) is 21.6 Å². The molecule has 1 aromatic heterocycles. The van der Waals surface area contributed by atoms with Gasteiger partial charge in [-0.2, -0.15) is 0 Å². The van der Waals surface area contributed by atoms with Crippen molar-refractivity contribution in [3.8, 4) is 0 Å². The van der Waals surface area contributed by atoms with Gasteiger partial charge in [-0.15, -0.1) is 11.3 Å². The summed E-state index contributed by atoms with van der Waals surface area (Å²) in [5.41, 5.74) is 5.42. The highest BCUT2D eigenvalue weighted by Gasteiger charge is 2.34. The molecule has 4 nitrogen and oxygen atoms in total. The molecule has 1 aliphatic rings. The second-order valence-electron chi connectivity index (χ2n) is 10.8. The Hall–Kier alpha value is -2.92. The van der Waals surface area contributed by atoms with Gasteiger partial charge in [0.15, 0.2) is 0 Å². The van der Waals surface area contributed by atoms with E-state index >= 15 is 0 Å². The first kappa shape index (κ1) is 26.2. The molecular formula is C31H38N2O2S. The number of fused-ring (bicyclic) bond motifs is 1. The van der Waals surface area contributed by atoms with Crippen LogP contribution in [0.4, 0.5) is 0 Å². The van der Waals surface area contributed by atoms with Gasteiger partial charge in [0.2, 0.25) is 5.91 Å². The van der Waals surface area contributed by atoms with E-state index in [0.717, 1.165) is 24.8 Å². The van der Waals surface area contributed by atoms with Crippen molar-refractivity contribution in [2.75, 3.05) is 19.6 Å². The number of benzene rings is 2. The lowest BCUT2D eigenvalue weighted by atomic mass is 9.86. The first-order valence-electron chi connectivity index (χ1n) is 13.0. The molecule has 0 radical (unpaired) electrons. The number of unbranched alkanes of at least 4 members (excludes halogenated alkanes) is 1. The predicted molar refractivity (Wildman–Crippen MR) is 149 cm³/mol. The first-order chi connectivity index (χ1) is 17.2. The van der Waals surface area contributed by atoms with Gasteiger partial charge in [-0.25, -0.2) is 0 Å². The second kappa shape index (κ2) is 11.0. The number of amides is 2. The molecular weight excluding hydrogens is 464 g/mol. The van der Waals surface area contributed by atoms with E-state index in [1.54, 1.807) is 16.2 Å². The van der Waals surface area contributed by atoms with Gasteiger partial charge in [0.25, 0.3) is 5.91 Å². The molecule has 36 heavy (non-hydrogen) atoms. The predicted octanol–water partition coefficient (Wildman–Crippen LogP) is 6.77. The fourth-order valence-corrected chi connectivity index (χ4v) is 5.87. The second-order valence-corrected chi connectivity index (χ2v) is 11.8. The van der Waals surface area contributed by atoms with Crippen molar-refractivity contribution in [3.05, 3.63) is 92.7 Å². The van der Waals surface area contributed by atoms with Crippen LogP contribution in [0.5, 0.6) is 0 Å². The minimum absolute atomic E-state index is 0.0101. The molecule has 190 valence electrons. The van der Waals surface area contributed by atoms with E-state index in [0.29, 0.717) is 18.7 Å². The van der Waals surface area contributed by atoms with Gasteiger partial charge in [0.1, 0.15) is 6.54 Å². The smallest absolute Gasteiger partial charge is 0.254 e. The Morgan fingerprint density at radius 3 is 2.42 bits per heavy atom. The van der Waals surface area contributed by atoms with Crippen LogP contribution >= 0.6 is 11.3 Å². The molecule has 1 atom stereocenters. The standard InChI is InChI=1S/C31H38N2O2S/c1-6-7-18-32(30(35)23-12-14-24(15-13-23)31(3,4)5)21-28(34)33-19-16-27-26(17-20-36-27)29(33)25-11-9-8-10-22(25)2/h8-15,17,20,29H,6-7,16,18-19,21H2,1-5H3. The molecule has 2 aromatic carbocycles. The largest absolute Gasteiger partial charge is 0.330 e. The Morgan fingerprint density at radius 2 is 1.75 bits per heavy atom. The minimum Gasteiger partial charge on any atom is -0.330 e.